The van der Waals surface area contributed by atoms with Gasteiger partial charge in [0.2, 0.25) is 11.8 Å². The predicted molar refractivity (Wildman–Crippen MR) is 104 cm³/mol. The number of hydrogen-bond donors (Lipinski definition) is 0. The summed E-state index contributed by atoms with van der Waals surface area (Å²) in [7, 11) is 0. The SMILES string of the molecule is Cc1ccc(-c2nnc(C3CN(C(=O)c4ccoc4)CC34CCOCC4)o2)cc1. The molecule has 2 aliphatic rings. The number of likely N-dealkylation sites (tertiary alicyclic amines) is 1. The molecule has 29 heavy (non-hydrogen) atoms. The maximum atomic E-state index is 12.9. The van der Waals surface area contributed by atoms with Crippen LogP contribution >= 0.6 is 0 Å². The zero-order valence-electron chi connectivity index (χ0n) is 16.3. The smallest absolute Gasteiger partial charge is 0.257 e. The Morgan fingerprint density at radius 1 is 1.14 bits per heavy atom. The molecule has 0 saturated carbocycles. The van der Waals surface area contributed by atoms with E-state index in [1.165, 1.54) is 18.1 Å². The van der Waals surface area contributed by atoms with E-state index in [1.807, 2.05) is 36.1 Å². The Labute approximate surface area is 168 Å². The number of hydrogen-bond acceptors (Lipinski definition) is 6. The van der Waals surface area contributed by atoms with Crippen molar-refractivity contribution in [3.8, 4) is 11.5 Å². The van der Waals surface area contributed by atoms with Crippen molar-refractivity contribution in [2.75, 3.05) is 26.3 Å². The Balaban J connectivity index is 1.45. The summed E-state index contributed by atoms with van der Waals surface area (Å²) in [4.78, 5) is 14.8. The number of rotatable bonds is 3. The number of carbonyl (C=O) groups excluding carboxylic acids is 1. The van der Waals surface area contributed by atoms with Crippen molar-refractivity contribution in [2.45, 2.75) is 25.7 Å². The van der Waals surface area contributed by atoms with Crippen LogP contribution in [0.25, 0.3) is 11.5 Å². The van der Waals surface area contributed by atoms with E-state index in [-0.39, 0.29) is 17.2 Å². The first-order chi connectivity index (χ1) is 14.1. The van der Waals surface area contributed by atoms with E-state index in [9.17, 15) is 4.79 Å². The van der Waals surface area contributed by atoms with Gasteiger partial charge in [0.1, 0.15) is 6.26 Å². The van der Waals surface area contributed by atoms with Gasteiger partial charge in [-0.1, -0.05) is 17.7 Å². The summed E-state index contributed by atoms with van der Waals surface area (Å²) in [5, 5.41) is 8.68. The number of amides is 1. The van der Waals surface area contributed by atoms with E-state index in [2.05, 4.69) is 10.2 Å². The average molecular weight is 393 g/mol. The molecule has 7 nitrogen and oxygen atoms in total. The normalized spacial score (nSPS) is 21.0. The first-order valence-corrected chi connectivity index (χ1v) is 9.94. The van der Waals surface area contributed by atoms with Crippen molar-refractivity contribution < 1.29 is 18.4 Å². The lowest BCUT2D eigenvalue weighted by Gasteiger charge is -2.36. The third kappa shape index (κ3) is 3.25. The van der Waals surface area contributed by atoms with Crippen molar-refractivity contribution in [3.63, 3.8) is 0 Å². The van der Waals surface area contributed by atoms with Crippen molar-refractivity contribution in [3.05, 3.63) is 59.9 Å². The number of aryl methyl sites for hydroxylation is 1. The molecular formula is C22H23N3O4. The highest BCUT2D eigenvalue weighted by Gasteiger charge is 2.51. The average Bonchev–Trinajstić information content (AvgIpc) is 3.49. The molecule has 5 rings (SSSR count). The van der Waals surface area contributed by atoms with Gasteiger partial charge in [0, 0.05) is 37.3 Å². The summed E-state index contributed by atoms with van der Waals surface area (Å²) >= 11 is 0. The zero-order valence-corrected chi connectivity index (χ0v) is 16.3. The Hall–Kier alpha value is -2.93. The van der Waals surface area contributed by atoms with Gasteiger partial charge in [-0.05, 0) is 38.0 Å². The summed E-state index contributed by atoms with van der Waals surface area (Å²) in [6.07, 6.45) is 4.76. The van der Waals surface area contributed by atoms with E-state index >= 15 is 0 Å². The van der Waals surface area contributed by atoms with E-state index < -0.39 is 0 Å². The number of benzene rings is 1. The quantitative estimate of drug-likeness (QED) is 0.675. The molecule has 0 N–H and O–H groups in total. The minimum Gasteiger partial charge on any atom is -0.472 e. The van der Waals surface area contributed by atoms with Crippen LogP contribution in [-0.2, 0) is 4.74 Å². The fraction of sp³-hybridized carbons (Fsp3) is 0.409. The second-order valence-electron chi connectivity index (χ2n) is 8.04. The minimum atomic E-state index is -0.102. The molecule has 0 aliphatic carbocycles. The van der Waals surface area contributed by atoms with Crippen LogP contribution in [0.4, 0.5) is 0 Å². The lowest BCUT2D eigenvalue weighted by atomic mass is 9.72. The van der Waals surface area contributed by atoms with Crippen LogP contribution in [0.15, 0.2) is 51.7 Å². The Morgan fingerprint density at radius 2 is 1.93 bits per heavy atom. The maximum Gasteiger partial charge on any atom is 0.257 e. The van der Waals surface area contributed by atoms with Crippen molar-refractivity contribution >= 4 is 5.91 Å². The number of ether oxygens (including phenoxy) is 1. The summed E-state index contributed by atoms with van der Waals surface area (Å²) in [6, 6.07) is 9.73. The monoisotopic (exact) mass is 393 g/mol. The van der Waals surface area contributed by atoms with Crippen LogP contribution in [0, 0.1) is 12.3 Å². The van der Waals surface area contributed by atoms with Gasteiger partial charge in [-0.3, -0.25) is 4.79 Å². The third-order valence-electron chi connectivity index (χ3n) is 6.23. The minimum absolute atomic E-state index is 0.00560. The van der Waals surface area contributed by atoms with Gasteiger partial charge in [-0.15, -0.1) is 10.2 Å². The van der Waals surface area contributed by atoms with Crippen molar-refractivity contribution in [1.82, 2.24) is 15.1 Å². The number of furan rings is 1. The lowest BCUT2D eigenvalue weighted by molar-refractivity contribution is 0.00908. The summed E-state index contributed by atoms with van der Waals surface area (Å²) in [5.74, 6) is 1.09. The van der Waals surface area contributed by atoms with Gasteiger partial charge in [-0.2, -0.15) is 0 Å². The molecule has 1 aromatic carbocycles. The highest BCUT2D eigenvalue weighted by atomic mass is 16.5. The van der Waals surface area contributed by atoms with E-state index in [1.54, 1.807) is 6.07 Å². The Morgan fingerprint density at radius 3 is 2.66 bits per heavy atom. The molecule has 2 aliphatic heterocycles. The number of nitrogens with zero attached hydrogens (tertiary/aromatic N) is 3. The van der Waals surface area contributed by atoms with Gasteiger partial charge in [0.15, 0.2) is 0 Å². The molecule has 0 radical (unpaired) electrons. The fourth-order valence-electron chi connectivity index (χ4n) is 4.51. The Bertz CT molecular complexity index is 988. The highest BCUT2D eigenvalue weighted by Crippen LogP contribution is 2.49. The molecule has 3 aromatic rings. The Kier molecular flexibility index (Phi) is 4.47. The maximum absolute atomic E-state index is 12.9. The van der Waals surface area contributed by atoms with Crippen LogP contribution in [0.3, 0.4) is 0 Å². The predicted octanol–water partition coefficient (Wildman–Crippen LogP) is 3.67. The van der Waals surface area contributed by atoms with Crippen LogP contribution in [-0.4, -0.2) is 47.3 Å². The highest BCUT2D eigenvalue weighted by molar-refractivity contribution is 5.94. The van der Waals surface area contributed by atoms with Crippen molar-refractivity contribution in [1.29, 1.82) is 0 Å². The second-order valence-corrected chi connectivity index (χ2v) is 8.04. The molecule has 1 atom stereocenters. The lowest BCUT2D eigenvalue weighted by Crippen LogP contribution is -2.37. The summed E-state index contributed by atoms with van der Waals surface area (Å²) in [6.45, 7) is 4.63. The van der Waals surface area contributed by atoms with Gasteiger partial charge in [0.25, 0.3) is 5.91 Å². The molecule has 2 saturated heterocycles. The van der Waals surface area contributed by atoms with Crippen LogP contribution < -0.4 is 0 Å². The largest absolute Gasteiger partial charge is 0.472 e. The molecular weight excluding hydrogens is 370 g/mol. The standard InChI is InChI=1S/C22H23N3O4/c1-15-2-4-16(5-3-15)19-23-24-20(29-19)18-12-25(21(26)17-6-9-28-13-17)14-22(18)7-10-27-11-8-22/h2-6,9,13,18H,7-8,10-12,14H2,1H3. The van der Waals surface area contributed by atoms with Crippen LogP contribution in [0.1, 0.15) is 40.6 Å². The third-order valence-corrected chi connectivity index (χ3v) is 6.23. The first kappa shape index (κ1) is 18.1. The van der Waals surface area contributed by atoms with Crippen LogP contribution in [0.2, 0.25) is 0 Å². The molecule has 2 aromatic heterocycles. The van der Waals surface area contributed by atoms with E-state index in [0.717, 1.165) is 18.4 Å². The van der Waals surface area contributed by atoms with Gasteiger partial charge < -0.3 is 18.5 Å². The molecule has 1 amide bonds. The van der Waals surface area contributed by atoms with Crippen molar-refractivity contribution in [2.24, 2.45) is 5.41 Å². The molecule has 1 unspecified atom stereocenters. The molecule has 7 heteroatoms. The first-order valence-electron chi connectivity index (χ1n) is 9.94. The van der Waals surface area contributed by atoms with Gasteiger partial charge in [-0.25, -0.2) is 0 Å². The molecule has 2 fully saturated rings. The number of carbonyl (C=O) groups is 1. The van der Waals surface area contributed by atoms with Gasteiger partial charge >= 0.3 is 0 Å². The topological polar surface area (TPSA) is 81.6 Å². The van der Waals surface area contributed by atoms with E-state index in [0.29, 0.717) is 43.6 Å². The van der Waals surface area contributed by atoms with Crippen LogP contribution in [0.5, 0.6) is 0 Å². The second kappa shape index (κ2) is 7.15. The summed E-state index contributed by atoms with van der Waals surface area (Å²) < 4.78 is 16.8. The molecule has 0 bridgehead atoms. The van der Waals surface area contributed by atoms with E-state index in [4.69, 9.17) is 13.6 Å². The fourth-order valence-corrected chi connectivity index (χ4v) is 4.51. The number of aromatic nitrogens is 2. The molecule has 150 valence electrons. The molecule has 4 heterocycles. The zero-order chi connectivity index (χ0) is 19.8. The van der Waals surface area contributed by atoms with Gasteiger partial charge in [0.05, 0.1) is 17.7 Å². The summed E-state index contributed by atoms with van der Waals surface area (Å²) in [5.41, 5.74) is 2.55. The molecule has 1 spiro atoms.